The molecule has 0 N–H and O–H groups in total. The Morgan fingerprint density at radius 3 is 2.92 bits per heavy atom. The number of halogens is 1. The van der Waals surface area contributed by atoms with E-state index in [1.165, 1.54) is 0 Å². The molecule has 13 heavy (non-hydrogen) atoms. The Morgan fingerprint density at radius 1 is 1.54 bits per heavy atom. The zero-order valence-corrected chi connectivity index (χ0v) is 8.99. The summed E-state index contributed by atoms with van der Waals surface area (Å²) >= 11 is 3.30. The highest BCUT2D eigenvalue weighted by Gasteiger charge is 2.25. The van der Waals surface area contributed by atoms with Gasteiger partial charge in [0.05, 0.1) is 0 Å². The standard InChI is InChI=1S/C9H11BrN2O/c1-12-5-7(6-12)13-9-4-2-3-8(10)11-9/h2-4,7H,5-6H2,1H3. The van der Waals surface area contributed by atoms with Crippen molar-refractivity contribution in [1.82, 2.24) is 9.88 Å². The Bertz CT molecular complexity index is 299. The zero-order chi connectivity index (χ0) is 9.26. The molecule has 1 fully saturated rings. The summed E-state index contributed by atoms with van der Waals surface area (Å²) in [5.74, 6) is 0.701. The van der Waals surface area contributed by atoms with Crippen molar-refractivity contribution in [3.8, 4) is 5.88 Å². The van der Waals surface area contributed by atoms with E-state index >= 15 is 0 Å². The second-order valence-corrected chi connectivity index (χ2v) is 4.07. The number of likely N-dealkylation sites (N-methyl/N-ethyl adjacent to an activating group) is 1. The van der Waals surface area contributed by atoms with Crippen molar-refractivity contribution in [1.29, 1.82) is 0 Å². The molecule has 3 nitrogen and oxygen atoms in total. The molecular weight excluding hydrogens is 232 g/mol. The van der Waals surface area contributed by atoms with Crippen LogP contribution in [0.2, 0.25) is 0 Å². The van der Waals surface area contributed by atoms with Crippen LogP contribution in [0.25, 0.3) is 0 Å². The average Bonchev–Trinajstić information content (AvgIpc) is 2.01. The minimum absolute atomic E-state index is 0.312. The molecule has 0 spiro atoms. The van der Waals surface area contributed by atoms with Crippen molar-refractivity contribution < 1.29 is 4.74 Å². The van der Waals surface area contributed by atoms with E-state index in [-0.39, 0.29) is 0 Å². The van der Waals surface area contributed by atoms with Crippen LogP contribution < -0.4 is 4.74 Å². The van der Waals surface area contributed by atoms with Gasteiger partial charge >= 0.3 is 0 Å². The predicted molar refractivity (Wildman–Crippen MR) is 53.9 cm³/mol. The van der Waals surface area contributed by atoms with Crippen molar-refractivity contribution >= 4 is 15.9 Å². The van der Waals surface area contributed by atoms with Crippen LogP contribution in [0.3, 0.4) is 0 Å². The quantitative estimate of drug-likeness (QED) is 0.736. The van der Waals surface area contributed by atoms with E-state index in [4.69, 9.17) is 4.74 Å². The highest BCUT2D eigenvalue weighted by molar-refractivity contribution is 9.10. The van der Waals surface area contributed by atoms with Crippen LogP contribution in [0.4, 0.5) is 0 Å². The first-order chi connectivity index (χ1) is 6.24. The van der Waals surface area contributed by atoms with Crippen LogP contribution >= 0.6 is 15.9 Å². The van der Waals surface area contributed by atoms with Gasteiger partial charge in [-0.1, -0.05) is 6.07 Å². The molecule has 1 aromatic rings. The number of nitrogens with zero attached hydrogens (tertiary/aromatic N) is 2. The molecule has 0 saturated carbocycles. The number of hydrogen-bond donors (Lipinski definition) is 0. The molecule has 2 rings (SSSR count). The third kappa shape index (κ3) is 2.19. The van der Waals surface area contributed by atoms with Crippen molar-refractivity contribution in [3.63, 3.8) is 0 Å². The van der Waals surface area contributed by atoms with Gasteiger partial charge in [-0.25, -0.2) is 4.98 Å². The summed E-state index contributed by atoms with van der Waals surface area (Å²) in [5, 5.41) is 0. The normalized spacial score (nSPS) is 18.3. The van der Waals surface area contributed by atoms with Gasteiger partial charge in [-0.05, 0) is 29.0 Å². The third-order valence-electron chi connectivity index (χ3n) is 2.01. The minimum atomic E-state index is 0.312. The molecule has 2 heterocycles. The van der Waals surface area contributed by atoms with Gasteiger partial charge in [0, 0.05) is 19.2 Å². The Hall–Kier alpha value is -0.610. The lowest BCUT2D eigenvalue weighted by Crippen LogP contribution is -2.51. The van der Waals surface area contributed by atoms with Crippen LogP contribution in [0.5, 0.6) is 5.88 Å². The van der Waals surface area contributed by atoms with Crippen molar-refractivity contribution in [2.24, 2.45) is 0 Å². The number of hydrogen-bond acceptors (Lipinski definition) is 3. The topological polar surface area (TPSA) is 25.4 Å². The predicted octanol–water partition coefficient (Wildman–Crippen LogP) is 1.54. The number of pyridine rings is 1. The molecule has 1 aromatic heterocycles. The summed E-state index contributed by atoms with van der Waals surface area (Å²) < 4.78 is 6.44. The van der Waals surface area contributed by atoms with Crippen molar-refractivity contribution in [2.75, 3.05) is 20.1 Å². The lowest BCUT2D eigenvalue weighted by Gasteiger charge is -2.35. The second-order valence-electron chi connectivity index (χ2n) is 3.26. The maximum absolute atomic E-state index is 5.62. The van der Waals surface area contributed by atoms with E-state index in [1.807, 2.05) is 18.2 Å². The summed E-state index contributed by atoms with van der Waals surface area (Å²) in [6.45, 7) is 1.99. The summed E-state index contributed by atoms with van der Waals surface area (Å²) in [5.41, 5.74) is 0. The molecule has 0 unspecified atom stereocenters. The minimum Gasteiger partial charge on any atom is -0.472 e. The largest absolute Gasteiger partial charge is 0.472 e. The van der Waals surface area contributed by atoms with Gasteiger partial charge in [0.2, 0.25) is 5.88 Å². The van der Waals surface area contributed by atoms with Crippen LogP contribution in [0.1, 0.15) is 0 Å². The maximum Gasteiger partial charge on any atom is 0.214 e. The fraction of sp³-hybridized carbons (Fsp3) is 0.444. The van der Waals surface area contributed by atoms with Gasteiger partial charge < -0.3 is 4.74 Å². The SMILES string of the molecule is CN1CC(Oc2cccc(Br)n2)C1. The molecule has 0 atom stereocenters. The maximum atomic E-state index is 5.62. The Labute approximate surface area is 85.8 Å². The molecule has 0 aromatic carbocycles. The zero-order valence-electron chi connectivity index (χ0n) is 7.40. The molecule has 0 amide bonds. The number of rotatable bonds is 2. The summed E-state index contributed by atoms with van der Waals surface area (Å²) in [6.07, 6.45) is 0.312. The Balaban J connectivity index is 1.94. The van der Waals surface area contributed by atoms with E-state index in [0.29, 0.717) is 12.0 Å². The van der Waals surface area contributed by atoms with Gasteiger partial charge in [0.25, 0.3) is 0 Å². The highest BCUT2D eigenvalue weighted by Crippen LogP contribution is 2.16. The molecule has 70 valence electrons. The van der Waals surface area contributed by atoms with E-state index in [0.717, 1.165) is 17.7 Å². The molecule has 0 bridgehead atoms. The molecule has 1 aliphatic rings. The number of ether oxygens (including phenoxy) is 1. The van der Waals surface area contributed by atoms with Gasteiger partial charge in [0.15, 0.2) is 0 Å². The highest BCUT2D eigenvalue weighted by atomic mass is 79.9. The lowest BCUT2D eigenvalue weighted by atomic mass is 10.2. The van der Waals surface area contributed by atoms with Gasteiger partial charge in [0.1, 0.15) is 10.7 Å². The Morgan fingerprint density at radius 2 is 2.31 bits per heavy atom. The molecule has 1 saturated heterocycles. The van der Waals surface area contributed by atoms with E-state index in [1.54, 1.807) is 0 Å². The summed E-state index contributed by atoms with van der Waals surface area (Å²) in [4.78, 5) is 6.41. The smallest absolute Gasteiger partial charge is 0.214 e. The molecular formula is C9H11BrN2O. The summed E-state index contributed by atoms with van der Waals surface area (Å²) in [7, 11) is 2.08. The van der Waals surface area contributed by atoms with Gasteiger partial charge in [-0.2, -0.15) is 0 Å². The fourth-order valence-corrected chi connectivity index (χ4v) is 1.67. The molecule has 0 aliphatic carbocycles. The lowest BCUT2D eigenvalue weighted by molar-refractivity contribution is 0.0355. The van der Waals surface area contributed by atoms with Crippen LogP contribution in [-0.4, -0.2) is 36.1 Å². The van der Waals surface area contributed by atoms with E-state index < -0.39 is 0 Å². The monoisotopic (exact) mass is 242 g/mol. The first kappa shape index (κ1) is 8.97. The Kier molecular flexibility index (Phi) is 2.51. The molecule has 0 radical (unpaired) electrons. The van der Waals surface area contributed by atoms with Crippen molar-refractivity contribution in [3.05, 3.63) is 22.8 Å². The molecule has 1 aliphatic heterocycles. The van der Waals surface area contributed by atoms with Crippen LogP contribution in [0.15, 0.2) is 22.8 Å². The van der Waals surface area contributed by atoms with E-state index in [2.05, 4.69) is 32.9 Å². The van der Waals surface area contributed by atoms with Crippen LogP contribution in [0, 0.1) is 0 Å². The van der Waals surface area contributed by atoms with E-state index in [9.17, 15) is 0 Å². The number of aromatic nitrogens is 1. The average molecular weight is 243 g/mol. The second kappa shape index (κ2) is 3.64. The first-order valence-electron chi connectivity index (χ1n) is 4.22. The third-order valence-corrected chi connectivity index (χ3v) is 2.45. The molecule has 4 heteroatoms. The van der Waals surface area contributed by atoms with Gasteiger partial charge in [-0.3, -0.25) is 4.90 Å². The fourth-order valence-electron chi connectivity index (χ4n) is 1.34. The van der Waals surface area contributed by atoms with Crippen molar-refractivity contribution in [2.45, 2.75) is 6.10 Å². The van der Waals surface area contributed by atoms with Crippen LogP contribution in [-0.2, 0) is 0 Å². The number of likely N-dealkylation sites (tertiary alicyclic amines) is 1. The summed E-state index contributed by atoms with van der Waals surface area (Å²) in [6, 6.07) is 5.69. The first-order valence-corrected chi connectivity index (χ1v) is 5.01. The van der Waals surface area contributed by atoms with Gasteiger partial charge in [-0.15, -0.1) is 0 Å².